The van der Waals surface area contributed by atoms with Crippen LogP contribution in [0.2, 0.25) is 0 Å². The first-order chi connectivity index (χ1) is 6.00. The SMILES string of the molecule is C[N+](C)(O)/C1=C/C(O)CCCCC1. The minimum absolute atomic E-state index is 0.142. The van der Waals surface area contributed by atoms with Crippen molar-refractivity contribution in [1.82, 2.24) is 0 Å². The van der Waals surface area contributed by atoms with E-state index in [1.807, 2.05) is 0 Å². The van der Waals surface area contributed by atoms with E-state index in [0.29, 0.717) is 0 Å². The van der Waals surface area contributed by atoms with Crippen molar-refractivity contribution in [2.75, 3.05) is 14.1 Å². The van der Waals surface area contributed by atoms with Crippen LogP contribution in [0.4, 0.5) is 0 Å². The maximum atomic E-state index is 9.74. The standard InChI is InChI=1S/C10H20NO2/c1-11(2,13)9-6-4-3-5-7-10(12)8-9/h8,10,12-13H,3-7H2,1-2H3/q+1/b9-8+. The largest absolute Gasteiger partial charge is 0.389 e. The van der Waals surface area contributed by atoms with Crippen LogP contribution in [0.5, 0.6) is 0 Å². The molecule has 0 aromatic carbocycles. The molecule has 0 spiro atoms. The van der Waals surface area contributed by atoms with E-state index in [1.54, 1.807) is 20.2 Å². The lowest BCUT2D eigenvalue weighted by atomic mass is 10.0. The van der Waals surface area contributed by atoms with Crippen molar-refractivity contribution in [3.63, 3.8) is 0 Å². The van der Waals surface area contributed by atoms with Crippen molar-refractivity contribution >= 4 is 0 Å². The molecular formula is C10H20NO2+. The first-order valence-electron chi connectivity index (χ1n) is 4.96. The lowest BCUT2D eigenvalue weighted by Crippen LogP contribution is -2.35. The van der Waals surface area contributed by atoms with Gasteiger partial charge in [-0.1, -0.05) is 12.8 Å². The Hall–Kier alpha value is -0.380. The van der Waals surface area contributed by atoms with Gasteiger partial charge in [0, 0.05) is 12.5 Å². The van der Waals surface area contributed by atoms with Gasteiger partial charge in [-0.15, -0.1) is 0 Å². The van der Waals surface area contributed by atoms with E-state index in [1.165, 1.54) is 0 Å². The molecule has 0 aromatic heterocycles. The molecule has 0 saturated heterocycles. The summed E-state index contributed by atoms with van der Waals surface area (Å²) < 4.78 is -0.142. The number of rotatable bonds is 1. The maximum Gasteiger partial charge on any atom is 0.139 e. The molecule has 0 saturated carbocycles. The maximum absolute atomic E-state index is 9.74. The Morgan fingerprint density at radius 3 is 2.62 bits per heavy atom. The van der Waals surface area contributed by atoms with Gasteiger partial charge in [0.2, 0.25) is 0 Å². The molecule has 3 nitrogen and oxygen atoms in total. The van der Waals surface area contributed by atoms with Crippen molar-refractivity contribution in [2.45, 2.75) is 38.2 Å². The normalized spacial score (nSPS) is 30.2. The summed E-state index contributed by atoms with van der Waals surface area (Å²) in [5.41, 5.74) is 0.923. The van der Waals surface area contributed by atoms with E-state index >= 15 is 0 Å². The number of aliphatic hydroxyl groups excluding tert-OH is 1. The molecule has 3 heteroatoms. The van der Waals surface area contributed by atoms with E-state index in [-0.39, 0.29) is 10.8 Å². The fraction of sp³-hybridized carbons (Fsp3) is 0.800. The zero-order valence-corrected chi connectivity index (χ0v) is 8.53. The summed E-state index contributed by atoms with van der Waals surface area (Å²) in [6, 6.07) is 0. The van der Waals surface area contributed by atoms with E-state index in [9.17, 15) is 10.3 Å². The molecule has 1 unspecified atom stereocenters. The van der Waals surface area contributed by atoms with Crippen LogP contribution in [0.3, 0.4) is 0 Å². The van der Waals surface area contributed by atoms with Crippen molar-refractivity contribution in [3.05, 3.63) is 11.8 Å². The van der Waals surface area contributed by atoms with E-state index in [2.05, 4.69) is 0 Å². The van der Waals surface area contributed by atoms with Crippen LogP contribution < -0.4 is 0 Å². The van der Waals surface area contributed by atoms with Gasteiger partial charge in [-0.2, -0.15) is 4.65 Å². The summed E-state index contributed by atoms with van der Waals surface area (Å²) >= 11 is 0. The van der Waals surface area contributed by atoms with Crippen molar-refractivity contribution < 1.29 is 15.0 Å². The topological polar surface area (TPSA) is 40.5 Å². The highest BCUT2D eigenvalue weighted by Crippen LogP contribution is 2.21. The van der Waals surface area contributed by atoms with Gasteiger partial charge in [-0.25, -0.2) is 5.21 Å². The number of allylic oxidation sites excluding steroid dienone is 1. The molecule has 2 N–H and O–H groups in total. The Morgan fingerprint density at radius 1 is 1.31 bits per heavy atom. The first-order valence-corrected chi connectivity index (χ1v) is 4.96. The van der Waals surface area contributed by atoms with E-state index in [4.69, 9.17) is 0 Å². The fourth-order valence-corrected chi connectivity index (χ4v) is 1.68. The number of aliphatic hydroxyl groups is 1. The quantitative estimate of drug-likeness (QED) is 0.483. The Balaban J connectivity index is 2.72. The van der Waals surface area contributed by atoms with Crippen LogP contribution in [-0.2, 0) is 0 Å². The highest BCUT2D eigenvalue weighted by atomic mass is 16.5. The number of nitrogens with zero attached hydrogens (tertiary/aromatic N) is 1. The zero-order chi connectivity index (χ0) is 9.90. The third-order valence-electron chi connectivity index (χ3n) is 2.52. The number of quaternary nitrogens is 1. The number of hydrogen-bond acceptors (Lipinski definition) is 2. The smallest absolute Gasteiger partial charge is 0.139 e. The highest BCUT2D eigenvalue weighted by Gasteiger charge is 2.21. The van der Waals surface area contributed by atoms with Crippen LogP contribution in [0.1, 0.15) is 32.1 Å². The van der Waals surface area contributed by atoms with Crippen LogP contribution in [-0.4, -0.2) is 35.2 Å². The molecule has 0 radical (unpaired) electrons. The minimum Gasteiger partial charge on any atom is -0.389 e. The molecule has 0 fully saturated rings. The van der Waals surface area contributed by atoms with Crippen molar-refractivity contribution in [1.29, 1.82) is 0 Å². The first kappa shape index (κ1) is 10.7. The lowest BCUT2D eigenvalue weighted by molar-refractivity contribution is -1.04. The minimum atomic E-state index is -0.375. The predicted octanol–water partition coefficient (Wildman–Crippen LogP) is 1.66. The predicted molar refractivity (Wildman–Crippen MR) is 51.1 cm³/mol. The summed E-state index contributed by atoms with van der Waals surface area (Å²) in [6.07, 6.45) is 6.49. The van der Waals surface area contributed by atoms with Crippen molar-refractivity contribution in [3.8, 4) is 0 Å². The van der Waals surface area contributed by atoms with E-state index in [0.717, 1.165) is 37.8 Å². The van der Waals surface area contributed by atoms with Gasteiger partial charge in [0.25, 0.3) is 0 Å². The Labute approximate surface area is 79.8 Å². The van der Waals surface area contributed by atoms with Crippen LogP contribution in [0.25, 0.3) is 0 Å². The molecule has 0 aromatic rings. The van der Waals surface area contributed by atoms with Gasteiger partial charge in [-0.05, 0) is 12.8 Å². The third kappa shape index (κ3) is 3.46. The van der Waals surface area contributed by atoms with Gasteiger partial charge in [0.15, 0.2) is 0 Å². The average Bonchev–Trinajstić information content (AvgIpc) is 1.94. The molecule has 13 heavy (non-hydrogen) atoms. The number of hydroxylamine groups is 3. The second-order valence-electron chi connectivity index (χ2n) is 4.22. The summed E-state index contributed by atoms with van der Waals surface area (Å²) in [6.45, 7) is 0. The Kier molecular flexibility index (Phi) is 3.47. The van der Waals surface area contributed by atoms with Crippen LogP contribution >= 0.6 is 0 Å². The molecule has 0 bridgehead atoms. The highest BCUT2D eigenvalue weighted by molar-refractivity contribution is 4.98. The second-order valence-corrected chi connectivity index (χ2v) is 4.22. The molecule has 1 rings (SSSR count). The molecule has 76 valence electrons. The molecular weight excluding hydrogens is 166 g/mol. The van der Waals surface area contributed by atoms with Gasteiger partial charge < -0.3 is 5.11 Å². The average molecular weight is 186 g/mol. The molecule has 0 heterocycles. The molecule has 1 aliphatic carbocycles. The number of hydrogen-bond donors (Lipinski definition) is 2. The summed E-state index contributed by atoms with van der Waals surface area (Å²) in [5, 5.41) is 19.3. The molecule has 1 atom stereocenters. The van der Waals surface area contributed by atoms with Gasteiger partial charge in [-0.3, -0.25) is 0 Å². The van der Waals surface area contributed by atoms with Gasteiger partial charge in [0.05, 0.1) is 6.10 Å². The van der Waals surface area contributed by atoms with Gasteiger partial charge >= 0.3 is 0 Å². The monoisotopic (exact) mass is 186 g/mol. The lowest BCUT2D eigenvalue weighted by Gasteiger charge is -2.24. The molecule has 0 aliphatic heterocycles. The van der Waals surface area contributed by atoms with Crippen molar-refractivity contribution in [2.24, 2.45) is 0 Å². The summed E-state index contributed by atoms with van der Waals surface area (Å²) in [5.74, 6) is 0. The van der Waals surface area contributed by atoms with Gasteiger partial charge in [0.1, 0.15) is 19.8 Å². The second kappa shape index (κ2) is 4.22. The van der Waals surface area contributed by atoms with E-state index < -0.39 is 0 Å². The Morgan fingerprint density at radius 2 is 2.00 bits per heavy atom. The summed E-state index contributed by atoms with van der Waals surface area (Å²) in [7, 11) is 3.44. The van der Waals surface area contributed by atoms with Crippen LogP contribution in [0, 0.1) is 0 Å². The molecule has 1 aliphatic rings. The third-order valence-corrected chi connectivity index (χ3v) is 2.52. The van der Waals surface area contributed by atoms with Crippen LogP contribution in [0.15, 0.2) is 11.8 Å². The summed E-state index contributed by atoms with van der Waals surface area (Å²) in [4.78, 5) is 0. The fourth-order valence-electron chi connectivity index (χ4n) is 1.68. The zero-order valence-electron chi connectivity index (χ0n) is 8.53. The molecule has 0 amide bonds. The Bertz CT molecular complexity index is 194.